The molecule has 0 aromatic heterocycles. The quantitative estimate of drug-likeness (QED) is 0.500. The molecule has 0 fully saturated rings. The highest BCUT2D eigenvalue weighted by Crippen LogP contribution is 2.14. The predicted octanol–water partition coefficient (Wildman–Crippen LogP) is 4.93. The lowest BCUT2D eigenvalue weighted by molar-refractivity contribution is -0.121. The third kappa shape index (κ3) is 12.3. The van der Waals surface area contributed by atoms with Crippen LogP contribution < -0.4 is 5.32 Å². The van der Waals surface area contributed by atoms with E-state index in [1.165, 1.54) is 38.5 Å². The van der Waals surface area contributed by atoms with E-state index in [4.69, 9.17) is 0 Å². The maximum atomic E-state index is 11.7. The summed E-state index contributed by atoms with van der Waals surface area (Å²) >= 11 is 0. The highest BCUT2D eigenvalue weighted by atomic mass is 16.1. The van der Waals surface area contributed by atoms with Gasteiger partial charge in [-0.05, 0) is 24.7 Å². The molecule has 0 saturated heterocycles. The molecule has 1 N–H and O–H groups in total. The number of hydrogen-bond acceptors (Lipinski definition) is 1. The summed E-state index contributed by atoms with van der Waals surface area (Å²) in [7, 11) is 0. The standard InChI is InChI=1S/C17H35NO/c1-5-7-8-9-10-11-12-17(19)18-14-16(6-2)13-15(3)4/h15-16H,5-14H2,1-4H3,(H,18,19). The van der Waals surface area contributed by atoms with E-state index < -0.39 is 0 Å². The van der Waals surface area contributed by atoms with Crippen molar-refractivity contribution in [1.29, 1.82) is 0 Å². The third-order valence-corrected chi connectivity index (χ3v) is 3.73. The van der Waals surface area contributed by atoms with E-state index in [9.17, 15) is 4.79 Å². The molecule has 0 radical (unpaired) electrons. The van der Waals surface area contributed by atoms with Crippen molar-refractivity contribution in [3.05, 3.63) is 0 Å². The third-order valence-electron chi connectivity index (χ3n) is 3.73. The van der Waals surface area contributed by atoms with Gasteiger partial charge in [0.2, 0.25) is 5.91 Å². The molecule has 2 nitrogen and oxygen atoms in total. The first kappa shape index (κ1) is 18.5. The van der Waals surface area contributed by atoms with E-state index in [2.05, 4.69) is 33.0 Å². The molecule has 0 aliphatic carbocycles. The molecule has 0 aliphatic heterocycles. The molecule has 19 heavy (non-hydrogen) atoms. The summed E-state index contributed by atoms with van der Waals surface area (Å²) in [6.07, 6.45) is 10.6. The number of carbonyl (C=O) groups is 1. The van der Waals surface area contributed by atoms with E-state index in [0.29, 0.717) is 12.3 Å². The lowest BCUT2D eigenvalue weighted by atomic mass is 9.95. The van der Waals surface area contributed by atoms with Crippen molar-refractivity contribution in [1.82, 2.24) is 5.32 Å². The maximum absolute atomic E-state index is 11.7. The van der Waals surface area contributed by atoms with Gasteiger partial charge in [-0.1, -0.05) is 66.2 Å². The van der Waals surface area contributed by atoms with Gasteiger partial charge in [0, 0.05) is 13.0 Å². The molecule has 1 amide bonds. The van der Waals surface area contributed by atoms with Crippen LogP contribution in [0, 0.1) is 11.8 Å². The van der Waals surface area contributed by atoms with Crippen molar-refractivity contribution in [2.45, 2.75) is 85.5 Å². The van der Waals surface area contributed by atoms with Gasteiger partial charge in [-0.2, -0.15) is 0 Å². The van der Waals surface area contributed by atoms with E-state index >= 15 is 0 Å². The maximum Gasteiger partial charge on any atom is 0.220 e. The molecule has 0 aromatic rings. The van der Waals surface area contributed by atoms with E-state index in [0.717, 1.165) is 25.3 Å². The normalized spacial score (nSPS) is 12.7. The predicted molar refractivity (Wildman–Crippen MR) is 84.2 cm³/mol. The molecule has 0 aromatic carbocycles. The molecular weight excluding hydrogens is 234 g/mol. The second-order valence-electron chi connectivity index (χ2n) is 6.23. The summed E-state index contributed by atoms with van der Waals surface area (Å²) in [5, 5.41) is 3.10. The van der Waals surface area contributed by atoms with Crippen LogP contribution in [-0.2, 0) is 4.79 Å². The zero-order valence-electron chi connectivity index (χ0n) is 13.6. The van der Waals surface area contributed by atoms with Crippen LogP contribution >= 0.6 is 0 Å². The van der Waals surface area contributed by atoms with Crippen LogP contribution in [0.15, 0.2) is 0 Å². The van der Waals surface area contributed by atoms with Gasteiger partial charge >= 0.3 is 0 Å². The van der Waals surface area contributed by atoms with Crippen LogP contribution in [0.4, 0.5) is 0 Å². The fourth-order valence-corrected chi connectivity index (χ4v) is 2.47. The number of carbonyl (C=O) groups excluding carboxylic acids is 1. The monoisotopic (exact) mass is 269 g/mol. The Morgan fingerprint density at radius 2 is 1.63 bits per heavy atom. The average molecular weight is 269 g/mol. The molecular formula is C17H35NO. The Morgan fingerprint density at radius 1 is 1.00 bits per heavy atom. The van der Waals surface area contributed by atoms with Gasteiger partial charge < -0.3 is 5.32 Å². The van der Waals surface area contributed by atoms with E-state index in [1.807, 2.05) is 0 Å². The molecule has 0 saturated carbocycles. The smallest absolute Gasteiger partial charge is 0.220 e. The van der Waals surface area contributed by atoms with Crippen molar-refractivity contribution in [2.24, 2.45) is 11.8 Å². The summed E-state index contributed by atoms with van der Waals surface area (Å²) in [6.45, 7) is 9.81. The Bertz CT molecular complexity index is 213. The highest BCUT2D eigenvalue weighted by molar-refractivity contribution is 5.75. The zero-order valence-corrected chi connectivity index (χ0v) is 13.6. The van der Waals surface area contributed by atoms with Crippen LogP contribution in [0.5, 0.6) is 0 Å². The number of nitrogens with one attached hydrogen (secondary N) is 1. The molecule has 0 heterocycles. The Balaban J connectivity index is 3.52. The van der Waals surface area contributed by atoms with Gasteiger partial charge in [-0.3, -0.25) is 4.79 Å². The lowest BCUT2D eigenvalue weighted by Gasteiger charge is -2.17. The molecule has 1 atom stereocenters. The first-order valence-electron chi connectivity index (χ1n) is 8.36. The van der Waals surface area contributed by atoms with Crippen LogP contribution in [0.25, 0.3) is 0 Å². The molecule has 0 rings (SSSR count). The van der Waals surface area contributed by atoms with Gasteiger partial charge in [0.1, 0.15) is 0 Å². The Hall–Kier alpha value is -0.530. The summed E-state index contributed by atoms with van der Waals surface area (Å²) in [4.78, 5) is 11.7. The Morgan fingerprint density at radius 3 is 2.21 bits per heavy atom. The van der Waals surface area contributed by atoms with Gasteiger partial charge in [0.25, 0.3) is 0 Å². The molecule has 114 valence electrons. The molecule has 0 bridgehead atoms. The van der Waals surface area contributed by atoms with E-state index in [-0.39, 0.29) is 5.91 Å². The number of unbranched alkanes of at least 4 members (excludes halogenated alkanes) is 5. The second-order valence-corrected chi connectivity index (χ2v) is 6.23. The fraction of sp³-hybridized carbons (Fsp3) is 0.941. The van der Waals surface area contributed by atoms with Crippen LogP contribution in [0.2, 0.25) is 0 Å². The second kappa shape index (κ2) is 12.5. The van der Waals surface area contributed by atoms with Crippen molar-refractivity contribution < 1.29 is 4.79 Å². The molecule has 2 heteroatoms. The minimum absolute atomic E-state index is 0.248. The SMILES string of the molecule is CCCCCCCCC(=O)NCC(CC)CC(C)C. The van der Waals surface area contributed by atoms with Gasteiger partial charge in [0.05, 0.1) is 0 Å². The van der Waals surface area contributed by atoms with Crippen LogP contribution in [0.3, 0.4) is 0 Å². The van der Waals surface area contributed by atoms with Crippen LogP contribution in [0.1, 0.15) is 85.5 Å². The summed E-state index contributed by atoms with van der Waals surface area (Å²) < 4.78 is 0. The number of amides is 1. The Labute approximate surface area is 120 Å². The van der Waals surface area contributed by atoms with Crippen molar-refractivity contribution in [2.75, 3.05) is 6.54 Å². The van der Waals surface area contributed by atoms with Crippen molar-refractivity contribution in [3.8, 4) is 0 Å². The summed E-state index contributed by atoms with van der Waals surface area (Å²) in [5.74, 6) is 1.62. The van der Waals surface area contributed by atoms with Crippen molar-refractivity contribution in [3.63, 3.8) is 0 Å². The van der Waals surface area contributed by atoms with Crippen molar-refractivity contribution >= 4 is 5.91 Å². The zero-order chi connectivity index (χ0) is 14.5. The largest absolute Gasteiger partial charge is 0.356 e. The first-order valence-corrected chi connectivity index (χ1v) is 8.36. The number of hydrogen-bond donors (Lipinski definition) is 1. The summed E-state index contributed by atoms with van der Waals surface area (Å²) in [6, 6.07) is 0. The van der Waals surface area contributed by atoms with Crippen LogP contribution in [-0.4, -0.2) is 12.5 Å². The minimum atomic E-state index is 0.248. The Kier molecular flexibility index (Phi) is 12.2. The molecule has 0 aliphatic rings. The topological polar surface area (TPSA) is 29.1 Å². The lowest BCUT2D eigenvalue weighted by Crippen LogP contribution is -2.29. The fourth-order valence-electron chi connectivity index (χ4n) is 2.47. The minimum Gasteiger partial charge on any atom is -0.356 e. The summed E-state index contributed by atoms with van der Waals surface area (Å²) in [5.41, 5.74) is 0. The van der Waals surface area contributed by atoms with Gasteiger partial charge in [0.15, 0.2) is 0 Å². The molecule has 0 spiro atoms. The van der Waals surface area contributed by atoms with E-state index in [1.54, 1.807) is 0 Å². The first-order chi connectivity index (χ1) is 9.10. The number of rotatable bonds is 12. The molecule has 1 unspecified atom stereocenters. The highest BCUT2D eigenvalue weighted by Gasteiger charge is 2.10. The van der Waals surface area contributed by atoms with Gasteiger partial charge in [-0.15, -0.1) is 0 Å². The van der Waals surface area contributed by atoms with Gasteiger partial charge in [-0.25, -0.2) is 0 Å². The average Bonchev–Trinajstić information content (AvgIpc) is 2.38.